The predicted molar refractivity (Wildman–Crippen MR) is 152 cm³/mol. The molecule has 8 nitrogen and oxygen atoms in total. The van der Waals surface area contributed by atoms with Gasteiger partial charge in [0.25, 0.3) is 11.1 Å². The Morgan fingerprint density at radius 2 is 1.69 bits per heavy atom. The van der Waals surface area contributed by atoms with E-state index in [1.54, 1.807) is 54.6 Å². The van der Waals surface area contributed by atoms with Gasteiger partial charge in [0.1, 0.15) is 18.9 Å². The van der Waals surface area contributed by atoms with E-state index in [0.29, 0.717) is 46.7 Å². The van der Waals surface area contributed by atoms with Gasteiger partial charge in [0.05, 0.1) is 18.1 Å². The van der Waals surface area contributed by atoms with Crippen molar-refractivity contribution >= 4 is 52.2 Å². The van der Waals surface area contributed by atoms with Gasteiger partial charge in [-0.3, -0.25) is 19.3 Å². The molecule has 3 amide bonds. The van der Waals surface area contributed by atoms with E-state index in [4.69, 9.17) is 25.8 Å². The van der Waals surface area contributed by atoms with Crippen molar-refractivity contribution in [2.24, 2.45) is 0 Å². The van der Waals surface area contributed by atoms with Crippen LogP contribution >= 0.6 is 23.4 Å². The summed E-state index contributed by atoms with van der Waals surface area (Å²) in [4.78, 5) is 39.1. The summed E-state index contributed by atoms with van der Waals surface area (Å²) in [6.07, 6.45) is 1.59. The first-order valence-corrected chi connectivity index (χ1v) is 13.5. The van der Waals surface area contributed by atoms with Crippen molar-refractivity contribution in [1.82, 2.24) is 4.90 Å². The first kappa shape index (κ1) is 28.1. The van der Waals surface area contributed by atoms with Gasteiger partial charge in [-0.15, -0.1) is 0 Å². The molecule has 1 aliphatic heterocycles. The number of benzene rings is 3. The van der Waals surface area contributed by atoms with Crippen LogP contribution in [0.3, 0.4) is 0 Å². The molecule has 39 heavy (non-hydrogen) atoms. The maximum Gasteiger partial charge on any atom is 0.294 e. The third kappa shape index (κ3) is 7.34. The van der Waals surface area contributed by atoms with Gasteiger partial charge in [0.15, 0.2) is 11.5 Å². The van der Waals surface area contributed by atoms with Crippen molar-refractivity contribution < 1.29 is 28.6 Å². The number of carbonyl (C=O) groups excluding carboxylic acids is 3. The zero-order chi connectivity index (χ0) is 27.8. The third-order valence-corrected chi connectivity index (χ3v) is 6.81. The summed E-state index contributed by atoms with van der Waals surface area (Å²) in [5, 5.41) is 2.78. The number of ether oxygens (including phenoxy) is 3. The van der Waals surface area contributed by atoms with E-state index in [1.165, 1.54) is 0 Å². The summed E-state index contributed by atoms with van der Waals surface area (Å²) in [5.74, 6) is 0.671. The number of thioether (sulfide) groups is 1. The molecule has 1 fully saturated rings. The second-order valence-corrected chi connectivity index (χ2v) is 9.69. The lowest BCUT2D eigenvalue weighted by molar-refractivity contribution is -0.127. The predicted octanol–water partition coefficient (Wildman–Crippen LogP) is 6.39. The Hall–Kier alpha value is -3.95. The van der Waals surface area contributed by atoms with Crippen molar-refractivity contribution in [3.05, 3.63) is 87.8 Å². The zero-order valence-corrected chi connectivity index (χ0v) is 23.0. The van der Waals surface area contributed by atoms with Crippen LogP contribution in [-0.4, -0.2) is 41.7 Å². The largest absolute Gasteiger partial charge is 0.494 e. The molecule has 10 heteroatoms. The second kappa shape index (κ2) is 13.2. The number of halogens is 1. The molecule has 0 atom stereocenters. The number of hydrogen-bond acceptors (Lipinski definition) is 7. The molecule has 0 aromatic heterocycles. The lowest BCUT2D eigenvalue weighted by atomic mass is 10.1. The molecule has 1 aliphatic rings. The average Bonchev–Trinajstić information content (AvgIpc) is 3.17. The topological polar surface area (TPSA) is 94.2 Å². The molecule has 0 bridgehead atoms. The zero-order valence-electron chi connectivity index (χ0n) is 21.4. The van der Waals surface area contributed by atoms with Crippen LogP contribution in [0.1, 0.15) is 25.0 Å². The van der Waals surface area contributed by atoms with E-state index in [0.717, 1.165) is 22.2 Å². The van der Waals surface area contributed by atoms with Crippen LogP contribution in [0.5, 0.6) is 17.2 Å². The van der Waals surface area contributed by atoms with Gasteiger partial charge >= 0.3 is 0 Å². The number of nitrogens with zero attached hydrogens (tertiary/aromatic N) is 1. The molecule has 3 aromatic carbocycles. The minimum atomic E-state index is -0.538. The van der Waals surface area contributed by atoms with Gasteiger partial charge < -0.3 is 19.5 Å². The fourth-order valence-corrected chi connectivity index (χ4v) is 4.73. The molecule has 1 heterocycles. The van der Waals surface area contributed by atoms with Crippen molar-refractivity contribution in [3.63, 3.8) is 0 Å². The molecule has 1 saturated heterocycles. The molecule has 0 radical (unpaired) electrons. The van der Waals surface area contributed by atoms with Crippen molar-refractivity contribution in [1.29, 1.82) is 0 Å². The smallest absolute Gasteiger partial charge is 0.294 e. The van der Waals surface area contributed by atoms with E-state index in [2.05, 4.69) is 5.32 Å². The van der Waals surface area contributed by atoms with Crippen LogP contribution < -0.4 is 19.5 Å². The maximum atomic E-state index is 12.9. The number of anilines is 1. The van der Waals surface area contributed by atoms with E-state index in [-0.39, 0.29) is 11.5 Å². The molecule has 0 spiro atoms. The minimum absolute atomic E-state index is 0.209. The molecule has 202 valence electrons. The Balaban J connectivity index is 1.42. The van der Waals surface area contributed by atoms with Crippen LogP contribution in [0, 0.1) is 0 Å². The Kier molecular flexibility index (Phi) is 9.51. The standard InChI is InChI=1S/C29H27ClN2O6S/c1-3-36-22-12-10-21(11-13-22)31-27(33)17-32-28(34)26(39-29(32)35)16-19-9-14-24(25(15-19)37-4-2)38-18-20-7-5-6-8-23(20)30/h5-16H,3-4,17-18H2,1-2H3,(H,31,33)/b26-16+. The van der Waals surface area contributed by atoms with Crippen LogP contribution in [0.4, 0.5) is 10.5 Å². The maximum absolute atomic E-state index is 12.9. The van der Waals surface area contributed by atoms with E-state index in [1.807, 2.05) is 32.0 Å². The highest BCUT2D eigenvalue weighted by Crippen LogP contribution is 2.35. The van der Waals surface area contributed by atoms with Crippen LogP contribution in [-0.2, 0) is 16.2 Å². The van der Waals surface area contributed by atoms with Gasteiger partial charge in [-0.1, -0.05) is 35.9 Å². The van der Waals surface area contributed by atoms with Crippen molar-refractivity contribution in [3.8, 4) is 17.2 Å². The van der Waals surface area contributed by atoms with Crippen molar-refractivity contribution in [2.75, 3.05) is 25.1 Å². The highest BCUT2D eigenvalue weighted by atomic mass is 35.5. The summed E-state index contributed by atoms with van der Waals surface area (Å²) in [6.45, 7) is 4.55. The normalized spacial score (nSPS) is 14.0. The summed E-state index contributed by atoms with van der Waals surface area (Å²) >= 11 is 7.00. The molecule has 1 N–H and O–H groups in total. The Morgan fingerprint density at radius 1 is 0.949 bits per heavy atom. The minimum Gasteiger partial charge on any atom is -0.494 e. The molecule has 0 aliphatic carbocycles. The highest BCUT2D eigenvalue weighted by molar-refractivity contribution is 8.18. The van der Waals surface area contributed by atoms with Crippen LogP contribution in [0.15, 0.2) is 71.6 Å². The Bertz CT molecular complexity index is 1390. The summed E-state index contributed by atoms with van der Waals surface area (Å²) < 4.78 is 17.1. The SMILES string of the molecule is CCOc1ccc(NC(=O)CN2C(=O)S/C(=C/c3ccc(OCc4ccccc4Cl)c(OCC)c3)C2=O)cc1. The first-order valence-electron chi connectivity index (χ1n) is 12.3. The Labute approximate surface area is 235 Å². The average molecular weight is 567 g/mol. The molecule has 0 unspecified atom stereocenters. The highest BCUT2D eigenvalue weighted by Gasteiger charge is 2.36. The fourth-order valence-electron chi connectivity index (χ4n) is 3.71. The number of amides is 3. The third-order valence-electron chi connectivity index (χ3n) is 5.53. The van der Waals surface area contributed by atoms with Gasteiger partial charge in [0, 0.05) is 16.3 Å². The lowest BCUT2D eigenvalue weighted by Crippen LogP contribution is -2.36. The molecule has 3 aromatic rings. The number of hydrogen-bond donors (Lipinski definition) is 1. The first-order chi connectivity index (χ1) is 18.9. The quantitative estimate of drug-likeness (QED) is 0.269. The van der Waals surface area contributed by atoms with E-state index >= 15 is 0 Å². The number of carbonyl (C=O) groups is 3. The lowest BCUT2D eigenvalue weighted by Gasteiger charge is -2.14. The summed E-state index contributed by atoms with van der Waals surface area (Å²) in [7, 11) is 0. The molecule has 4 rings (SSSR count). The number of imide groups is 1. The Morgan fingerprint density at radius 3 is 2.41 bits per heavy atom. The van der Waals surface area contributed by atoms with Gasteiger partial charge in [0.2, 0.25) is 5.91 Å². The van der Waals surface area contributed by atoms with Gasteiger partial charge in [-0.25, -0.2) is 0 Å². The second-order valence-electron chi connectivity index (χ2n) is 8.29. The monoisotopic (exact) mass is 566 g/mol. The fraction of sp³-hybridized carbons (Fsp3) is 0.207. The molecule has 0 saturated carbocycles. The molecular weight excluding hydrogens is 540 g/mol. The van der Waals surface area contributed by atoms with E-state index in [9.17, 15) is 14.4 Å². The summed E-state index contributed by atoms with van der Waals surface area (Å²) in [6, 6.07) is 19.5. The number of rotatable bonds is 11. The van der Waals surface area contributed by atoms with Gasteiger partial charge in [-0.2, -0.15) is 0 Å². The van der Waals surface area contributed by atoms with Crippen LogP contribution in [0.2, 0.25) is 5.02 Å². The van der Waals surface area contributed by atoms with Crippen molar-refractivity contribution in [2.45, 2.75) is 20.5 Å². The van der Waals surface area contributed by atoms with Crippen LogP contribution in [0.25, 0.3) is 6.08 Å². The number of nitrogens with one attached hydrogen (secondary N) is 1. The van der Waals surface area contributed by atoms with Gasteiger partial charge in [-0.05, 0) is 79.7 Å². The summed E-state index contributed by atoms with van der Waals surface area (Å²) in [5.41, 5.74) is 2.02. The van der Waals surface area contributed by atoms with E-state index < -0.39 is 23.6 Å². The molecular formula is C29H27ClN2O6S.